The third-order valence-electron chi connectivity index (χ3n) is 3.89. The zero-order valence-corrected chi connectivity index (χ0v) is 14.9. The lowest BCUT2D eigenvalue weighted by atomic mass is 10.2. The van der Waals surface area contributed by atoms with Crippen LogP contribution < -0.4 is 10.2 Å². The average molecular weight is 370 g/mol. The van der Waals surface area contributed by atoms with Crippen molar-refractivity contribution in [2.75, 3.05) is 51.3 Å². The number of anilines is 1. The van der Waals surface area contributed by atoms with Crippen molar-refractivity contribution in [2.24, 2.45) is 0 Å². The van der Waals surface area contributed by atoms with Crippen LogP contribution in [0.1, 0.15) is 12.0 Å². The molecule has 1 aromatic carbocycles. The van der Waals surface area contributed by atoms with E-state index in [1.165, 1.54) is 11.3 Å². The summed E-state index contributed by atoms with van der Waals surface area (Å²) >= 11 is 3.58. The van der Waals surface area contributed by atoms with Gasteiger partial charge in [0.2, 0.25) is 0 Å². The standard InChI is InChI=1S/C16H24BrN3O2/c1-13-4-5-14(12-15(13)17)19-7-9-20(10-8-19)16(21)18-6-3-11-22-2/h4-5,12H,3,6-11H2,1-2H3,(H,18,21). The highest BCUT2D eigenvalue weighted by molar-refractivity contribution is 9.10. The van der Waals surface area contributed by atoms with Gasteiger partial charge in [0.1, 0.15) is 0 Å². The van der Waals surface area contributed by atoms with Gasteiger partial charge in [-0.15, -0.1) is 0 Å². The van der Waals surface area contributed by atoms with E-state index >= 15 is 0 Å². The summed E-state index contributed by atoms with van der Waals surface area (Å²) in [4.78, 5) is 16.3. The van der Waals surface area contributed by atoms with E-state index < -0.39 is 0 Å². The molecule has 1 aliphatic heterocycles. The van der Waals surface area contributed by atoms with Crippen LogP contribution in [0.25, 0.3) is 0 Å². The summed E-state index contributed by atoms with van der Waals surface area (Å²) < 4.78 is 6.10. The molecule has 1 N–H and O–H groups in total. The van der Waals surface area contributed by atoms with Gasteiger partial charge in [0.25, 0.3) is 0 Å². The molecule has 1 heterocycles. The Balaban J connectivity index is 1.79. The van der Waals surface area contributed by atoms with Crippen molar-refractivity contribution in [3.63, 3.8) is 0 Å². The third-order valence-corrected chi connectivity index (χ3v) is 4.74. The first-order chi connectivity index (χ1) is 10.6. The maximum atomic E-state index is 12.1. The minimum atomic E-state index is 0.0286. The van der Waals surface area contributed by atoms with Gasteiger partial charge >= 0.3 is 6.03 Å². The van der Waals surface area contributed by atoms with Crippen LogP contribution in [0.3, 0.4) is 0 Å². The number of aryl methyl sites for hydroxylation is 1. The summed E-state index contributed by atoms with van der Waals surface area (Å²) in [5, 5.41) is 2.94. The number of amides is 2. The highest BCUT2D eigenvalue weighted by Crippen LogP contribution is 2.24. The van der Waals surface area contributed by atoms with Gasteiger partial charge in [0.15, 0.2) is 0 Å². The monoisotopic (exact) mass is 369 g/mol. The largest absolute Gasteiger partial charge is 0.385 e. The van der Waals surface area contributed by atoms with Crippen molar-refractivity contribution in [3.8, 4) is 0 Å². The van der Waals surface area contributed by atoms with Crippen LogP contribution in [0.2, 0.25) is 0 Å². The topological polar surface area (TPSA) is 44.8 Å². The lowest BCUT2D eigenvalue weighted by Crippen LogP contribution is -2.52. The Morgan fingerprint density at radius 3 is 2.68 bits per heavy atom. The number of carbonyl (C=O) groups is 1. The smallest absolute Gasteiger partial charge is 0.317 e. The first kappa shape index (κ1) is 17.1. The molecule has 22 heavy (non-hydrogen) atoms. The zero-order valence-electron chi connectivity index (χ0n) is 13.3. The second-order valence-corrected chi connectivity index (χ2v) is 6.34. The number of methoxy groups -OCH3 is 1. The van der Waals surface area contributed by atoms with Crippen LogP contribution in [-0.4, -0.2) is 57.4 Å². The van der Waals surface area contributed by atoms with Crippen molar-refractivity contribution < 1.29 is 9.53 Å². The normalized spacial score (nSPS) is 15.0. The Morgan fingerprint density at radius 2 is 2.05 bits per heavy atom. The van der Waals surface area contributed by atoms with Crippen molar-refractivity contribution >= 4 is 27.6 Å². The molecule has 0 spiro atoms. The molecule has 5 nitrogen and oxygen atoms in total. The molecule has 0 atom stereocenters. The molecule has 1 fully saturated rings. The van der Waals surface area contributed by atoms with Crippen molar-refractivity contribution in [2.45, 2.75) is 13.3 Å². The van der Waals surface area contributed by atoms with Gasteiger partial charge in [-0.3, -0.25) is 0 Å². The molecule has 6 heteroatoms. The Morgan fingerprint density at radius 1 is 1.32 bits per heavy atom. The molecular formula is C16H24BrN3O2. The number of ether oxygens (including phenoxy) is 1. The molecule has 1 saturated heterocycles. The van der Waals surface area contributed by atoms with Crippen LogP contribution in [0, 0.1) is 6.92 Å². The minimum Gasteiger partial charge on any atom is -0.385 e. The summed E-state index contributed by atoms with van der Waals surface area (Å²) in [5.74, 6) is 0. The number of halogens is 1. The van der Waals surface area contributed by atoms with Gasteiger partial charge in [-0.2, -0.15) is 0 Å². The van der Waals surface area contributed by atoms with Gasteiger partial charge in [-0.1, -0.05) is 22.0 Å². The highest BCUT2D eigenvalue weighted by Gasteiger charge is 2.21. The SMILES string of the molecule is COCCCNC(=O)N1CCN(c2ccc(C)c(Br)c2)CC1. The molecule has 1 aliphatic rings. The van der Waals surface area contributed by atoms with Crippen molar-refractivity contribution in [3.05, 3.63) is 28.2 Å². The number of piperazine rings is 1. The molecule has 2 rings (SSSR count). The van der Waals surface area contributed by atoms with Crippen LogP contribution >= 0.6 is 15.9 Å². The fourth-order valence-electron chi connectivity index (χ4n) is 2.47. The van der Waals surface area contributed by atoms with Gasteiger partial charge in [0.05, 0.1) is 0 Å². The zero-order chi connectivity index (χ0) is 15.9. The number of hydrogen-bond acceptors (Lipinski definition) is 3. The number of urea groups is 1. The molecule has 0 aromatic heterocycles. The summed E-state index contributed by atoms with van der Waals surface area (Å²) in [6.07, 6.45) is 0.847. The number of benzene rings is 1. The molecule has 0 bridgehead atoms. The predicted octanol–water partition coefficient (Wildman–Crippen LogP) is 2.63. The molecule has 0 aliphatic carbocycles. The molecule has 2 amide bonds. The quantitative estimate of drug-likeness (QED) is 0.811. The Bertz CT molecular complexity index is 502. The Kier molecular flexibility index (Phi) is 6.51. The van der Waals surface area contributed by atoms with E-state index in [0.717, 1.165) is 37.1 Å². The Labute approximate surface area is 140 Å². The maximum Gasteiger partial charge on any atom is 0.317 e. The summed E-state index contributed by atoms with van der Waals surface area (Å²) in [6, 6.07) is 6.44. The lowest BCUT2D eigenvalue weighted by molar-refractivity contribution is 0.183. The molecule has 0 saturated carbocycles. The molecule has 1 aromatic rings. The fraction of sp³-hybridized carbons (Fsp3) is 0.562. The summed E-state index contributed by atoms with van der Waals surface area (Å²) in [5.41, 5.74) is 2.44. The van der Waals surface area contributed by atoms with E-state index in [2.05, 4.69) is 51.3 Å². The number of nitrogens with zero attached hydrogens (tertiary/aromatic N) is 2. The average Bonchev–Trinajstić information content (AvgIpc) is 2.54. The van der Waals surface area contributed by atoms with Crippen molar-refractivity contribution in [1.82, 2.24) is 10.2 Å². The second kappa shape index (κ2) is 8.39. The summed E-state index contributed by atoms with van der Waals surface area (Å²) in [6.45, 7) is 6.65. The van der Waals surface area contributed by atoms with Crippen LogP contribution in [0.15, 0.2) is 22.7 Å². The third kappa shape index (κ3) is 4.61. The summed E-state index contributed by atoms with van der Waals surface area (Å²) in [7, 11) is 1.67. The van der Waals surface area contributed by atoms with E-state index in [1.54, 1.807) is 7.11 Å². The second-order valence-electron chi connectivity index (χ2n) is 5.49. The molecule has 0 radical (unpaired) electrons. The first-order valence-corrected chi connectivity index (χ1v) is 8.44. The van der Waals surface area contributed by atoms with Gasteiger partial charge in [-0.05, 0) is 31.0 Å². The Hall–Kier alpha value is -1.27. The minimum absolute atomic E-state index is 0.0286. The van der Waals surface area contributed by atoms with E-state index in [4.69, 9.17) is 4.74 Å². The van der Waals surface area contributed by atoms with Crippen molar-refractivity contribution in [1.29, 1.82) is 0 Å². The maximum absolute atomic E-state index is 12.1. The number of carbonyl (C=O) groups excluding carboxylic acids is 1. The van der Waals surface area contributed by atoms with Gasteiger partial charge in [-0.25, -0.2) is 4.79 Å². The van der Waals surface area contributed by atoms with E-state index in [1.807, 2.05) is 4.90 Å². The van der Waals surface area contributed by atoms with Gasteiger partial charge in [0, 0.05) is 56.6 Å². The van der Waals surface area contributed by atoms with Gasteiger partial charge < -0.3 is 19.9 Å². The number of hydrogen-bond donors (Lipinski definition) is 1. The van der Waals surface area contributed by atoms with Crippen LogP contribution in [0.5, 0.6) is 0 Å². The van der Waals surface area contributed by atoms with Crippen LogP contribution in [-0.2, 0) is 4.74 Å². The predicted molar refractivity (Wildman–Crippen MR) is 92.6 cm³/mol. The number of rotatable bonds is 5. The van der Waals surface area contributed by atoms with Crippen LogP contribution in [0.4, 0.5) is 10.5 Å². The van der Waals surface area contributed by atoms with E-state index in [9.17, 15) is 4.79 Å². The molecule has 0 unspecified atom stereocenters. The number of nitrogens with one attached hydrogen (secondary N) is 1. The molecular weight excluding hydrogens is 346 g/mol. The van der Waals surface area contributed by atoms with E-state index in [0.29, 0.717) is 13.2 Å². The first-order valence-electron chi connectivity index (χ1n) is 7.64. The highest BCUT2D eigenvalue weighted by atomic mass is 79.9. The molecule has 122 valence electrons. The fourth-order valence-corrected chi connectivity index (χ4v) is 2.84. The lowest BCUT2D eigenvalue weighted by Gasteiger charge is -2.36. The van der Waals surface area contributed by atoms with E-state index in [-0.39, 0.29) is 6.03 Å².